The highest BCUT2D eigenvalue weighted by Gasteiger charge is 2.40. The predicted octanol–water partition coefficient (Wildman–Crippen LogP) is 2.65. The van der Waals surface area contributed by atoms with Crippen LogP contribution in [0.5, 0.6) is 0 Å². The average Bonchev–Trinajstić information content (AvgIpc) is 3.52. The first-order chi connectivity index (χ1) is 20.1. The number of piperazine rings is 1. The monoisotopic (exact) mass is 598 g/mol. The van der Waals surface area contributed by atoms with E-state index in [1.165, 1.54) is 12.5 Å². The number of hydrogen-bond acceptors (Lipinski definition) is 9. The molecule has 0 amide bonds. The number of ether oxygens (including phenoxy) is 1. The molecular formula is C29H35FN6O5S. The molecule has 2 fully saturated rings. The standard InChI is InChI=1S/C29H35FN6O5S/c1-5-40-28(39)23-22(14-34-9-10-36-19(12-34)13-35(29(36)42)11-16(2)27(37)38)32-26(24-18(4)41-15-31-24)33-25(23)20-7-6-8-21(30)17(20)3/h6-8,15-16,19,25H,5,9-14H2,1-4H3,(H,32,33)(H,37,38)/t16?,19-,25-/m0/s1. The number of halogens is 1. The molecule has 224 valence electrons. The largest absolute Gasteiger partial charge is 0.481 e. The van der Waals surface area contributed by atoms with E-state index in [9.17, 15) is 19.1 Å². The van der Waals surface area contributed by atoms with Crippen molar-refractivity contribution < 1.29 is 28.2 Å². The molecule has 13 heteroatoms. The summed E-state index contributed by atoms with van der Waals surface area (Å²) in [6.07, 6.45) is 1.33. The molecule has 11 nitrogen and oxygen atoms in total. The zero-order valence-corrected chi connectivity index (χ0v) is 24.9. The molecule has 1 aromatic carbocycles. The van der Waals surface area contributed by atoms with E-state index in [0.29, 0.717) is 84.1 Å². The van der Waals surface area contributed by atoms with E-state index in [1.54, 1.807) is 39.8 Å². The van der Waals surface area contributed by atoms with E-state index in [2.05, 4.69) is 20.1 Å². The number of carbonyl (C=O) groups is 2. The SMILES string of the molecule is CCOC(=O)C1=C(CN2CCN3C(=S)N(CC(C)C(=O)O)C[C@@H]3C2)NC(c2ncoc2C)=N[C@H]1c1cccc(F)c1C. The number of hydrogen-bond donors (Lipinski definition) is 2. The van der Waals surface area contributed by atoms with Crippen molar-refractivity contribution in [1.82, 2.24) is 25.0 Å². The zero-order valence-electron chi connectivity index (χ0n) is 24.1. The Morgan fingerprint density at radius 1 is 1.29 bits per heavy atom. The van der Waals surface area contributed by atoms with Crippen LogP contribution in [0.2, 0.25) is 0 Å². The van der Waals surface area contributed by atoms with E-state index in [-0.39, 0.29) is 18.5 Å². The van der Waals surface area contributed by atoms with E-state index in [4.69, 9.17) is 26.4 Å². The normalized spacial score (nSPS) is 21.6. The molecule has 3 atom stereocenters. The quantitative estimate of drug-likeness (QED) is 0.327. The molecule has 0 radical (unpaired) electrons. The van der Waals surface area contributed by atoms with Gasteiger partial charge < -0.3 is 29.4 Å². The van der Waals surface area contributed by atoms with Gasteiger partial charge in [0.05, 0.1) is 24.1 Å². The summed E-state index contributed by atoms with van der Waals surface area (Å²) in [7, 11) is 0. The molecule has 2 aromatic rings. The number of amidine groups is 1. The van der Waals surface area contributed by atoms with Gasteiger partial charge in [-0.25, -0.2) is 14.2 Å². The Morgan fingerprint density at radius 3 is 2.76 bits per heavy atom. The summed E-state index contributed by atoms with van der Waals surface area (Å²) in [6, 6.07) is 4.02. The number of thiocarbonyl (C=S) groups is 1. The molecule has 0 saturated carbocycles. The maximum atomic E-state index is 14.7. The Morgan fingerprint density at radius 2 is 2.07 bits per heavy atom. The van der Waals surface area contributed by atoms with Crippen molar-refractivity contribution in [1.29, 1.82) is 0 Å². The van der Waals surface area contributed by atoms with Gasteiger partial charge in [-0.05, 0) is 50.2 Å². The van der Waals surface area contributed by atoms with Crippen LogP contribution in [0, 0.1) is 25.6 Å². The lowest BCUT2D eigenvalue weighted by Gasteiger charge is -2.39. The van der Waals surface area contributed by atoms with E-state index >= 15 is 0 Å². The van der Waals surface area contributed by atoms with Crippen molar-refractivity contribution in [3.63, 3.8) is 0 Å². The van der Waals surface area contributed by atoms with Gasteiger partial charge >= 0.3 is 11.9 Å². The molecule has 1 aromatic heterocycles. The Labute approximate surface area is 249 Å². The minimum atomic E-state index is -0.853. The maximum absolute atomic E-state index is 14.7. The van der Waals surface area contributed by atoms with E-state index in [1.807, 2.05) is 4.90 Å². The second-order valence-electron chi connectivity index (χ2n) is 10.8. The first kappa shape index (κ1) is 29.6. The fraction of sp³-hybridized carbons (Fsp3) is 0.483. The topological polar surface area (TPSA) is 124 Å². The molecule has 42 heavy (non-hydrogen) atoms. The fourth-order valence-corrected chi connectivity index (χ4v) is 6.13. The molecule has 2 saturated heterocycles. The molecule has 0 spiro atoms. The van der Waals surface area contributed by atoms with Crippen LogP contribution >= 0.6 is 12.2 Å². The minimum absolute atomic E-state index is 0.0784. The highest BCUT2D eigenvalue weighted by Crippen LogP contribution is 2.35. The van der Waals surface area contributed by atoms with Crippen LogP contribution in [0.15, 0.2) is 45.3 Å². The minimum Gasteiger partial charge on any atom is -0.481 e. The Bertz CT molecular complexity index is 1460. The first-order valence-electron chi connectivity index (χ1n) is 14.0. The number of aliphatic imine (C=N–C) groups is 1. The van der Waals surface area contributed by atoms with Gasteiger partial charge in [-0.2, -0.15) is 0 Å². The third kappa shape index (κ3) is 5.75. The Balaban J connectivity index is 1.48. The summed E-state index contributed by atoms with van der Waals surface area (Å²) in [5, 5.41) is 13.4. The summed E-state index contributed by atoms with van der Waals surface area (Å²) in [4.78, 5) is 40.5. The van der Waals surface area contributed by atoms with Gasteiger partial charge in [-0.1, -0.05) is 19.1 Å². The number of oxazole rings is 1. The molecule has 0 aliphatic carbocycles. The maximum Gasteiger partial charge on any atom is 0.338 e. The van der Waals surface area contributed by atoms with Gasteiger partial charge in [-0.15, -0.1) is 0 Å². The van der Waals surface area contributed by atoms with Crippen LogP contribution in [0.1, 0.15) is 42.5 Å². The lowest BCUT2D eigenvalue weighted by atomic mass is 9.91. The van der Waals surface area contributed by atoms with Crippen molar-refractivity contribution in [2.75, 3.05) is 45.9 Å². The number of benzene rings is 1. The second kappa shape index (κ2) is 12.2. The number of carbonyl (C=O) groups excluding carboxylic acids is 1. The first-order valence-corrected chi connectivity index (χ1v) is 14.4. The van der Waals surface area contributed by atoms with Crippen molar-refractivity contribution >= 4 is 35.1 Å². The number of carboxylic acid groups (broad SMARTS) is 1. The molecule has 1 unspecified atom stereocenters. The number of fused-ring (bicyclic) bond motifs is 1. The van der Waals surface area contributed by atoms with Crippen LogP contribution in [0.25, 0.3) is 0 Å². The summed E-state index contributed by atoms with van der Waals surface area (Å²) >= 11 is 5.69. The van der Waals surface area contributed by atoms with Gasteiger partial charge in [0, 0.05) is 45.0 Å². The van der Waals surface area contributed by atoms with Gasteiger partial charge in [-0.3, -0.25) is 14.7 Å². The number of aliphatic carboxylic acids is 1. The van der Waals surface area contributed by atoms with Crippen LogP contribution in [0.4, 0.5) is 4.39 Å². The van der Waals surface area contributed by atoms with E-state index in [0.717, 1.165) is 0 Å². The van der Waals surface area contributed by atoms with Crippen molar-refractivity contribution in [2.45, 2.75) is 39.8 Å². The number of nitrogens with zero attached hydrogens (tertiary/aromatic N) is 5. The number of nitrogens with one attached hydrogen (secondary N) is 1. The Hall–Kier alpha value is -3.84. The molecule has 3 aliphatic heterocycles. The number of esters is 1. The lowest BCUT2D eigenvalue weighted by Crippen LogP contribution is -2.53. The molecule has 4 heterocycles. The summed E-state index contributed by atoms with van der Waals surface area (Å²) in [6.45, 7) is 10.4. The molecule has 5 rings (SSSR count). The van der Waals surface area contributed by atoms with Crippen LogP contribution in [-0.2, 0) is 14.3 Å². The molecule has 3 aliphatic rings. The van der Waals surface area contributed by atoms with Gasteiger partial charge in [0.1, 0.15) is 23.3 Å². The smallest absolute Gasteiger partial charge is 0.338 e. The number of rotatable bonds is 9. The summed E-state index contributed by atoms with van der Waals surface area (Å²) in [5.74, 6) is -1.33. The second-order valence-corrected chi connectivity index (χ2v) is 11.2. The average molecular weight is 599 g/mol. The highest BCUT2D eigenvalue weighted by molar-refractivity contribution is 7.80. The summed E-state index contributed by atoms with van der Waals surface area (Å²) < 4.78 is 25.7. The van der Waals surface area contributed by atoms with Crippen molar-refractivity contribution in [3.8, 4) is 0 Å². The van der Waals surface area contributed by atoms with E-state index < -0.39 is 23.9 Å². The lowest BCUT2D eigenvalue weighted by molar-refractivity contribution is -0.141. The number of carboxylic acids is 1. The van der Waals surface area contributed by atoms with Crippen LogP contribution in [0.3, 0.4) is 0 Å². The van der Waals surface area contributed by atoms with Crippen LogP contribution in [-0.4, -0.2) is 99.6 Å². The Kier molecular flexibility index (Phi) is 8.60. The highest BCUT2D eigenvalue weighted by atomic mass is 32.1. The third-order valence-corrected chi connectivity index (χ3v) is 8.50. The van der Waals surface area contributed by atoms with Gasteiger partial charge in [0.2, 0.25) is 0 Å². The molecule has 2 N–H and O–H groups in total. The van der Waals surface area contributed by atoms with Gasteiger partial charge in [0.15, 0.2) is 17.3 Å². The predicted molar refractivity (Wildman–Crippen MR) is 156 cm³/mol. The summed E-state index contributed by atoms with van der Waals surface area (Å²) in [5.41, 5.74) is 2.37. The van der Waals surface area contributed by atoms with Crippen LogP contribution < -0.4 is 5.32 Å². The molecular weight excluding hydrogens is 563 g/mol. The van der Waals surface area contributed by atoms with Crippen molar-refractivity contribution in [2.24, 2.45) is 10.9 Å². The van der Waals surface area contributed by atoms with Gasteiger partial charge in [0.25, 0.3) is 0 Å². The molecule has 0 bridgehead atoms. The number of aromatic nitrogens is 1. The fourth-order valence-electron chi connectivity index (χ4n) is 5.74. The number of aryl methyl sites for hydroxylation is 1. The van der Waals surface area contributed by atoms with Crippen molar-refractivity contribution in [3.05, 3.63) is 64.3 Å². The third-order valence-electron chi connectivity index (χ3n) is 8.01. The zero-order chi connectivity index (χ0) is 30.1.